The monoisotopic (exact) mass is 318 g/mol. The van der Waals surface area contributed by atoms with Crippen LogP contribution in [0.2, 0.25) is 0 Å². The van der Waals surface area contributed by atoms with Crippen molar-refractivity contribution < 1.29 is 14.3 Å². The number of ether oxygens (including phenoxy) is 2. The zero-order chi connectivity index (χ0) is 16.1. The van der Waals surface area contributed by atoms with Crippen LogP contribution in [-0.2, 0) is 20.8 Å². The van der Waals surface area contributed by atoms with Gasteiger partial charge in [-0.3, -0.25) is 9.69 Å². The van der Waals surface area contributed by atoms with E-state index in [9.17, 15) is 4.79 Å². The van der Waals surface area contributed by atoms with Crippen molar-refractivity contribution in [3.63, 3.8) is 0 Å². The minimum absolute atomic E-state index is 0.0238. The molecular formula is C18H26N2O3. The maximum atomic E-state index is 12.1. The Morgan fingerprint density at radius 2 is 2.00 bits per heavy atom. The van der Waals surface area contributed by atoms with Crippen LogP contribution in [0.15, 0.2) is 30.3 Å². The Bertz CT molecular complexity index is 502. The fourth-order valence-corrected chi connectivity index (χ4v) is 3.33. The quantitative estimate of drug-likeness (QED) is 0.901. The second kappa shape index (κ2) is 7.90. The summed E-state index contributed by atoms with van der Waals surface area (Å²) in [5, 5.41) is 3.13. The van der Waals surface area contributed by atoms with Crippen molar-refractivity contribution in [2.24, 2.45) is 0 Å². The van der Waals surface area contributed by atoms with Crippen molar-refractivity contribution in [3.05, 3.63) is 35.9 Å². The van der Waals surface area contributed by atoms with Crippen LogP contribution in [0.1, 0.15) is 31.7 Å². The van der Waals surface area contributed by atoms with Crippen LogP contribution in [0.5, 0.6) is 0 Å². The number of carbonyl (C=O) groups is 1. The minimum Gasteiger partial charge on any atom is -0.352 e. The summed E-state index contributed by atoms with van der Waals surface area (Å²) in [6.45, 7) is 5.42. The van der Waals surface area contributed by atoms with Crippen LogP contribution >= 0.6 is 0 Å². The maximum Gasteiger partial charge on any atom is 0.225 e. The normalized spacial score (nSPS) is 26.3. The Morgan fingerprint density at radius 1 is 1.26 bits per heavy atom. The molecule has 3 rings (SSSR count). The Hall–Kier alpha value is -1.43. The third kappa shape index (κ3) is 4.77. The van der Waals surface area contributed by atoms with Gasteiger partial charge in [-0.15, -0.1) is 0 Å². The van der Waals surface area contributed by atoms with Crippen molar-refractivity contribution >= 4 is 5.91 Å². The lowest BCUT2D eigenvalue weighted by Crippen LogP contribution is -2.40. The van der Waals surface area contributed by atoms with Gasteiger partial charge in [-0.25, -0.2) is 0 Å². The molecule has 1 aromatic rings. The van der Waals surface area contributed by atoms with Gasteiger partial charge in [0, 0.05) is 25.2 Å². The summed E-state index contributed by atoms with van der Waals surface area (Å²) in [6.07, 6.45) is 1.82. The highest BCUT2D eigenvalue weighted by atomic mass is 16.7. The second-order valence-corrected chi connectivity index (χ2v) is 6.49. The lowest BCUT2D eigenvalue weighted by Gasteiger charge is -2.23. The fraction of sp³-hybridized carbons (Fsp3) is 0.611. The minimum atomic E-state index is -0.372. The number of likely N-dealkylation sites (tertiary alicyclic amines) is 1. The highest BCUT2D eigenvalue weighted by Crippen LogP contribution is 2.20. The smallest absolute Gasteiger partial charge is 0.225 e. The molecule has 0 unspecified atom stereocenters. The fourth-order valence-electron chi connectivity index (χ4n) is 3.33. The van der Waals surface area contributed by atoms with Gasteiger partial charge >= 0.3 is 0 Å². The molecule has 2 aliphatic rings. The zero-order valence-corrected chi connectivity index (χ0v) is 13.7. The third-order valence-electron chi connectivity index (χ3n) is 4.55. The summed E-state index contributed by atoms with van der Waals surface area (Å²) >= 11 is 0. The molecule has 0 aliphatic carbocycles. The van der Waals surface area contributed by atoms with Crippen LogP contribution in [0.4, 0.5) is 0 Å². The molecule has 5 nitrogen and oxygen atoms in total. The number of nitrogens with one attached hydrogen (secondary N) is 1. The van der Waals surface area contributed by atoms with Crippen molar-refractivity contribution in [1.29, 1.82) is 0 Å². The number of nitrogens with zero attached hydrogens (tertiary/aromatic N) is 1. The molecule has 2 aliphatic heterocycles. The Kier molecular flexibility index (Phi) is 5.65. The molecule has 2 saturated heterocycles. The van der Waals surface area contributed by atoms with Crippen LogP contribution in [-0.4, -0.2) is 48.9 Å². The largest absolute Gasteiger partial charge is 0.352 e. The molecule has 2 atom stereocenters. The molecule has 2 fully saturated rings. The standard InChI is InChI=1S/C18H26N2O3/c1-14-10-16(13-20(14)12-15-6-3-2-4-7-15)19-17(21)11-18-22-8-5-9-23-18/h2-4,6-7,14,16,18H,5,8-13H2,1H3,(H,19,21)/t14-,16-/m0/s1. The number of carbonyl (C=O) groups excluding carboxylic acids is 1. The van der Waals surface area contributed by atoms with Crippen molar-refractivity contribution in [2.45, 2.75) is 51.1 Å². The summed E-state index contributed by atoms with van der Waals surface area (Å²) in [4.78, 5) is 14.6. The van der Waals surface area contributed by atoms with E-state index >= 15 is 0 Å². The van der Waals surface area contributed by atoms with Gasteiger partial charge in [0.1, 0.15) is 0 Å². The van der Waals surface area contributed by atoms with E-state index in [4.69, 9.17) is 9.47 Å². The van der Waals surface area contributed by atoms with Crippen molar-refractivity contribution in [1.82, 2.24) is 10.2 Å². The van der Waals surface area contributed by atoms with Gasteiger partial charge in [0.2, 0.25) is 5.91 Å². The molecule has 0 saturated carbocycles. The molecular weight excluding hydrogens is 292 g/mol. The zero-order valence-electron chi connectivity index (χ0n) is 13.7. The molecule has 5 heteroatoms. The molecule has 1 N–H and O–H groups in total. The summed E-state index contributed by atoms with van der Waals surface area (Å²) in [5.74, 6) is 0.0238. The summed E-state index contributed by atoms with van der Waals surface area (Å²) in [5.41, 5.74) is 1.32. The number of rotatable bonds is 5. The molecule has 23 heavy (non-hydrogen) atoms. The molecule has 126 valence electrons. The number of hydrogen-bond donors (Lipinski definition) is 1. The SMILES string of the molecule is C[C@H]1C[C@H](NC(=O)CC2OCCCO2)CN1Cc1ccccc1. The van der Waals surface area contributed by atoms with E-state index in [0.29, 0.717) is 25.7 Å². The van der Waals surface area contributed by atoms with Gasteiger partial charge in [-0.1, -0.05) is 30.3 Å². The van der Waals surface area contributed by atoms with E-state index in [0.717, 1.165) is 25.9 Å². The highest BCUT2D eigenvalue weighted by molar-refractivity contribution is 5.76. The van der Waals surface area contributed by atoms with Crippen LogP contribution < -0.4 is 5.32 Å². The van der Waals surface area contributed by atoms with E-state index in [-0.39, 0.29) is 18.2 Å². The van der Waals surface area contributed by atoms with E-state index < -0.39 is 0 Å². The van der Waals surface area contributed by atoms with E-state index in [1.54, 1.807) is 0 Å². The van der Waals surface area contributed by atoms with Gasteiger partial charge in [0.05, 0.1) is 19.6 Å². The Labute approximate surface area is 137 Å². The molecule has 0 radical (unpaired) electrons. The Balaban J connectivity index is 1.45. The van der Waals surface area contributed by atoms with Gasteiger partial charge in [-0.05, 0) is 25.3 Å². The predicted molar refractivity (Wildman–Crippen MR) is 87.8 cm³/mol. The van der Waals surface area contributed by atoms with Gasteiger partial charge in [0.15, 0.2) is 6.29 Å². The molecule has 1 amide bonds. The van der Waals surface area contributed by atoms with Gasteiger partial charge in [0.25, 0.3) is 0 Å². The topological polar surface area (TPSA) is 50.8 Å². The number of hydrogen-bond acceptors (Lipinski definition) is 4. The average molecular weight is 318 g/mol. The van der Waals surface area contributed by atoms with Crippen LogP contribution in [0.25, 0.3) is 0 Å². The van der Waals surface area contributed by atoms with Gasteiger partial charge in [-0.2, -0.15) is 0 Å². The first kappa shape index (κ1) is 16.4. The molecule has 0 spiro atoms. The summed E-state index contributed by atoms with van der Waals surface area (Å²) in [6, 6.07) is 11.2. The second-order valence-electron chi connectivity index (χ2n) is 6.49. The lowest BCUT2D eigenvalue weighted by atomic mass is 10.2. The Morgan fingerprint density at radius 3 is 2.74 bits per heavy atom. The summed E-state index contributed by atoms with van der Waals surface area (Å²) in [7, 11) is 0. The van der Waals surface area contributed by atoms with Crippen molar-refractivity contribution in [2.75, 3.05) is 19.8 Å². The molecule has 2 heterocycles. The van der Waals surface area contributed by atoms with Crippen molar-refractivity contribution in [3.8, 4) is 0 Å². The predicted octanol–water partition coefficient (Wildman–Crippen LogP) is 1.92. The molecule has 1 aromatic carbocycles. The first-order valence-electron chi connectivity index (χ1n) is 8.51. The highest BCUT2D eigenvalue weighted by Gasteiger charge is 2.30. The third-order valence-corrected chi connectivity index (χ3v) is 4.55. The lowest BCUT2D eigenvalue weighted by molar-refractivity contribution is -0.184. The number of benzene rings is 1. The van der Waals surface area contributed by atoms with Gasteiger partial charge < -0.3 is 14.8 Å². The van der Waals surface area contributed by atoms with E-state index in [1.165, 1.54) is 5.56 Å². The first-order chi connectivity index (χ1) is 11.2. The van der Waals surface area contributed by atoms with Crippen LogP contribution in [0, 0.1) is 0 Å². The van der Waals surface area contributed by atoms with Crippen LogP contribution in [0.3, 0.4) is 0 Å². The molecule has 0 aromatic heterocycles. The average Bonchev–Trinajstić information content (AvgIpc) is 2.88. The first-order valence-corrected chi connectivity index (χ1v) is 8.51. The van der Waals surface area contributed by atoms with E-state index in [1.807, 2.05) is 6.07 Å². The number of amides is 1. The maximum absolute atomic E-state index is 12.1. The van der Waals surface area contributed by atoms with E-state index in [2.05, 4.69) is 41.4 Å². The summed E-state index contributed by atoms with van der Waals surface area (Å²) < 4.78 is 10.9. The molecule has 0 bridgehead atoms.